The van der Waals surface area contributed by atoms with E-state index in [0.717, 1.165) is 12.7 Å². The summed E-state index contributed by atoms with van der Waals surface area (Å²) >= 11 is 3.96. The Morgan fingerprint density at radius 1 is 1.70 bits per heavy atom. The standard InChI is InChI=1S/C7H12O2S/c1-2-3-6(9)7(10)4-5-8/h5,7,10H,2-4H2,1H3. The lowest BCUT2D eigenvalue weighted by Crippen LogP contribution is -2.14. The highest BCUT2D eigenvalue weighted by Gasteiger charge is 2.10. The van der Waals surface area contributed by atoms with Gasteiger partial charge in [-0.25, -0.2) is 0 Å². The highest BCUT2D eigenvalue weighted by Crippen LogP contribution is 2.04. The Labute approximate surface area is 66.4 Å². The fourth-order valence-electron chi connectivity index (χ4n) is 0.636. The van der Waals surface area contributed by atoms with Crippen LogP contribution in [0.25, 0.3) is 0 Å². The van der Waals surface area contributed by atoms with Gasteiger partial charge in [-0.2, -0.15) is 12.6 Å². The number of carbonyl (C=O) groups is 2. The predicted octanol–water partition coefficient (Wildman–Crippen LogP) is 1.24. The van der Waals surface area contributed by atoms with Crippen LogP contribution in [-0.4, -0.2) is 17.3 Å². The van der Waals surface area contributed by atoms with E-state index in [1.165, 1.54) is 0 Å². The highest BCUT2D eigenvalue weighted by atomic mass is 32.1. The molecule has 0 amide bonds. The molecule has 1 atom stereocenters. The van der Waals surface area contributed by atoms with Gasteiger partial charge in [-0.1, -0.05) is 6.92 Å². The van der Waals surface area contributed by atoms with Gasteiger partial charge in [0, 0.05) is 12.8 Å². The predicted molar refractivity (Wildman–Crippen MR) is 43.4 cm³/mol. The van der Waals surface area contributed by atoms with E-state index in [2.05, 4.69) is 12.6 Å². The number of hydrogen-bond donors (Lipinski definition) is 1. The van der Waals surface area contributed by atoms with Gasteiger partial charge in [-0.3, -0.25) is 4.79 Å². The van der Waals surface area contributed by atoms with Gasteiger partial charge >= 0.3 is 0 Å². The van der Waals surface area contributed by atoms with Crippen molar-refractivity contribution in [3.8, 4) is 0 Å². The summed E-state index contributed by atoms with van der Waals surface area (Å²) in [7, 11) is 0. The lowest BCUT2D eigenvalue weighted by atomic mass is 10.1. The molecule has 58 valence electrons. The Bertz CT molecular complexity index is 123. The molecule has 0 aromatic heterocycles. The van der Waals surface area contributed by atoms with Gasteiger partial charge in [0.1, 0.15) is 12.1 Å². The van der Waals surface area contributed by atoms with Crippen molar-refractivity contribution in [3.63, 3.8) is 0 Å². The smallest absolute Gasteiger partial charge is 0.145 e. The summed E-state index contributed by atoms with van der Waals surface area (Å²) in [6, 6.07) is 0. The van der Waals surface area contributed by atoms with Gasteiger partial charge in [0.05, 0.1) is 5.25 Å². The molecule has 0 aliphatic heterocycles. The molecule has 0 aromatic carbocycles. The van der Waals surface area contributed by atoms with Gasteiger partial charge in [-0.05, 0) is 6.42 Å². The van der Waals surface area contributed by atoms with E-state index in [4.69, 9.17) is 0 Å². The Morgan fingerprint density at radius 3 is 2.70 bits per heavy atom. The Hall–Kier alpha value is -0.310. The van der Waals surface area contributed by atoms with Crippen molar-refractivity contribution in [3.05, 3.63) is 0 Å². The molecule has 0 aliphatic rings. The van der Waals surface area contributed by atoms with E-state index >= 15 is 0 Å². The number of ketones is 1. The quantitative estimate of drug-likeness (QED) is 0.485. The van der Waals surface area contributed by atoms with E-state index in [9.17, 15) is 9.59 Å². The van der Waals surface area contributed by atoms with Crippen LogP contribution >= 0.6 is 12.6 Å². The average molecular weight is 160 g/mol. The van der Waals surface area contributed by atoms with Crippen molar-refractivity contribution in [1.82, 2.24) is 0 Å². The maximum atomic E-state index is 10.9. The first-order valence-electron chi connectivity index (χ1n) is 3.36. The number of rotatable bonds is 5. The molecule has 0 rings (SSSR count). The summed E-state index contributed by atoms with van der Waals surface area (Å²) in [6.07, 6.45) is 2.32. The topological polar surface area (TPSA) is 34.1 Å². The number of carbonyl (C=O) groups excluding carboxylic acids is 2. The van der Waals surface area contributed by atoms with Crippen molar-refractivity contribution in [1.29, 1.82) is 0 Å². The molecule has 0 saturated heterocycles. The van der Waals surface area contributed by atoms with E-state index in [0.29, 0.717) is 6.42 Å². The van der Waals surface area contributed by atoms with Gasteiger partial charge < -0.3 is 4.79 Å². The molecular formula is C7H12O2S. The van der Waals surface area contributed by atoms with Crippen LogP contribution in [0.1, 0.15) is 26.2 Å². The first-order valence-corrected chi connectivity index (χ1v) is 3.88. The molecule has 0 spiro atoms. The van der Waals surface area contributed by atoms with Gasteiger partial charge in [0.2, 0.25) is 0 Å². The second-order valence-corrected chi connectivity index (χ2v) is 2.76. The molecule has 0 bridgehead atoms. The molecule has 0 fully saturated rings. The molecule has 10 heavy (non-hydrogen) atoms. The summed E-state index contributed by atoms with van der Waals surface area (Å²) in [4.78, 5) is 20.8. The Balaban J connectivity index is 3.58. The Kier molecular flexibility index (Phi) is 5.30. The minimum Gasteiger partial charge on any atom is -0.303 e. The molecule has 2 nitrogen and oxygen atoms in total. The first kappa shape index (κ1) is 9.69. The maximum absolute atomic E-state index is 10.9. The second kappa shape index (κ2) is 5.47. The summed E-state index contributed by atoms with van der Waals surface area (Å²) < 4.78 is 0. The van der Waals surface area contributed by atoms with Crippen molar-refractivity contribution in [2.75, 3.05) is 0 Å². The summed E-state index contributed by atoms with van der Waals surface area (Å²) in [5.74, 6) is 0.0675. The number of hydrogen-bond acceptors (Lipinski definition) is 3. The van der Waals surface area contributed by atoms with E-state index in [1.54, 1.807) is 0 Å². The maximum Gasteiger partial charge on any atom is 0.145 e. The lowest BCUT2D eigenvalue weighted by molar-refractivity contribution is -0.120. The van der Waals surface area contributed by atoms with E-state index in [-0.39, 0.29) is 17.5 Å². The van der Waals surface area contributed by atoms with E-state index in [1.807, 2.05) is 6.92 Å². The third-order valence-electron chi connectivity index (χ3n) is 1.19. The van der Waals surface area contributed by atoms with Gasteiger partial charge in [-0.15, -0.1) is 0 Å². The van der Waals surface area contributed by atoms with E-state index < -0.39 is 0 Å². The van der Waals surface area contributed by atoms with Gasteiger partial charge in [0.15, 0.2) is 0 Å². The van der Waals surface area contributed by atoms with Crippen LogP contribution in [0.3, 0.4) is 0 Å². The van der Waals surface area contributed by atoms with Crippen molar-refractivity contribution < 1.29 is 9.59 Å². The van der Waals surface area contributed by atoms with Crippen molar-refractivity contribution in [2.24, 2.45) is 0 Å². The minimum absolute atomic E-state index is 0.0675. The lowest BCUT2D eigenvalue weighted by Gasteiger charge is -2.02. The summed E-state index contributed by atoms with van der Waals surface area (Å²) in [5.41, 5.74) is 0. The summed E-state index contributed by atoms with van der Waals surface area (Å²) in [6.45, 7) is 1.93. The van der Waals surface area contributed by atoms with Crippen LogP contribution in [0, 0.1) is 0 Å². The largest absolute Gasteiger partial charge is 0.303 e. The van der Waals surface area contributed by atoms with Crippen molar-refractivity contribution >= 4 is 24.7 Å². The zero-order valence-corrected chi connectivity index (χ0v) is 6.93. The second-order valence-electron chi connectivity index (χ2n) is 2.13. The van der Waals surface area contributed by atoms with Crippen LogP contribution in [0.5, 0.6) is 0 Å². The number of thiol groups is 1. The molecule has 0 N–H and O–H groups in total. The fourth-order valence-corrected chi connectivity index (χ4v) is 0.851. The molecule has 1 unspecified atom stereocenters. The zero-order chi connectivity index (χ0) is 7.98. The average Bonchev–Trinajstić information content (AvgIpc) is 1.89. The third-order valence-corrected chi connectivity index (χ3v) is 1.69. The number of aldehydes is 1. The molecule has 0 radical (unpaired) electrons. The van der Waals surface area contributed by atoms with Crippen LogP contribution in [0.2, 0.25) is 0 Å². The zero-order valence-electron chi connectivity index (χ0n) is 6.04. The number of Topliss-reactive ketones (excluding diaryl/α,β-unsaturated/α-hetero) is 1. The molecule has 0 aliphatic carbocycles. The highest BCUT2D eigenvalue weighted by molar-refractivity contribution is 7.81. The normalized spacial score (nSPS) is 12.6. The van der Waals surface area contributed by atoms with Gasteiger partial charge in [0.25, 0.3) is 0 Å². The minimum atomic E-state index is -0.377. The third kappa shape index (κ3) is 3.67. The monoisotopic (exact) mass is 160 g/mol. The SMILES string of the molecule is CCCC(=O)C(S)CC=O. The van der Waals surface area contributed by atoms with Crippen molar-refractivity contribution in [2.45, 2.75) is 31.4 Å². The first-order chi connectivity index (χ1) is 4.72. The molecule has 0 aromatic rings. The molecule has 0 heterocycles. The van der Waals surface area contributed by atoms with Crippen LogP contribution < -0.4 is 0 Å². The summed E-state index contributed by atoms with van der Waals surface area (Å²) in [5, 5.41) is -0.377. The Morgan fingerprint density at radius 2 is 2.30 bits per heavy atom. The van der Waals surface area contributed by atoms with Crippen LogP contribution in [0.15, 0.2) is 0 Å². The molecule has 0 saturated carbocycles. The van der Waals surface area contributed by atoms with Crippen LogP contribution in [-0.2, 0) is 9.59 Å². The molecular weight excluding hydrogens is 148 g/mol. The fraction of sp³-hybridized carbons (Fsp3) is 0.714. The van der Waals surface area contributed by atoms with Crippen LogP contribution in [0.4, 0.5) is 0 Å². The molecule has 3 heteroatoms.